The summed E-state index contributed by atoms with van der Waals surface area (Å²) >= 11 is 0. The maximum atomic E-state index is 12.0. The zero-order valence-corrected chi connectivity index (χ0v) is 14.1. The van der Waals surface area contributed by atoms with E-state index in [1.165, 1.54) is 0 Å². The number of aryl methyl sites for hydroxylation is 2. The monoisotopic (exact) mass is 329 g/mol. The molecule has 124 valence electrons. The SMILES string of the molecule is CCS(=O)(=O)CC(=O)N1CCN(Cc2c(C)noc2C)CC1. The highest BCUT2D eigenvalue weighted by Crippen LogP contribution is 2.16. The van der Waals surface area contributed by atoms with Crippen molar-refractivity contribution in [3.8, 4) is 0 Å². The Morgan fingerprint density at radius 1 is 1.23 bits per heavy atom. The highest BCUT2D eigenvalue weighted by Gasteiger charge is 2.25. The molecule has 2 heterocycles. The average molecular weight is 329 g/mol. The van der Waals surface area contributed by atoms with E-state index in [1.54, 1.807) is 11.8 Å². The van der Waals surface area contributed by atoms with Crippen molar-refractivity contribution in [3.05, 3.63) is 17.0 Å². The fourth-order valence-corrected chi connectivity index (χ4v) is 3.25. The summed E-state index contributed by atoms with van der Waals surface area (Å²) in [7, 11) is -3.26. The number of hydrogen-bond acceptors (Lipinski definition) is 6. The lowest BCUT2D eigenvalue weighted by molar-refractivity contribution is -0.130. The molecule has 1 fully saturated rings. The van der Waals surface area contributed by atoms with Gasteiger partial charge < -0.3 is 9.42 Å². The number of nitrogens with zero attached hydrogens (tertiary/aromatic N) is 3. The van der Waals surface area contributed by atoms with Gasteiger partial charge in [0.1, 0.15) is 11.5 Å². The zero-order valence-electron chi connectivity index (χ0n) is 13.3. The summed E-state index contributed by atoms with van der Waals surface area (Å²) in [6.45, 7) is 8.68. The predicted octanol–water partition coefficient (Wildman–Crippen LogP) is 0.370. The molecule has 0 unspecified atom stereocenters. The third-order valence-corrected chi connectivity index (χ3v) is 5.64. The lowest BCUT2D eigenvalue weighted by atomic mass is 10.2. The van der Waals surface area contributed by atoms with Crippen LogP contribution in [-0.4, -0.2) is 67.0 Å². The summed E-state index contributed by atoms with van der Waals surface area (Å²) in [5.41, 5.74) is 1.98. The van der Waals surface area contributed by atoms with Crippen LogP contribution in [0.4, 0.5) is 0 Å². The molecule has 0 aromatic carbocycles. The molecule has 22 heavy (non-hydrogen) atoms. The van der Waals surface area contributed by atoms with Crippen molar-refractivity contribution < 1.29 is 17.7 Å². The smallest absolute Gasteiger partial charge is 0.237 e. The minimum atomic E-state index is -3.26. The number of carbonyl (C=O) groups is 1. The van der Waals surface area contributed by atoms with E-state index in [0.717, 1.165) is 36.7 Å². The topological polar surface area (TPSA) is 83.7 Å². The number of piperazine rings is 1. The zero-order chi connectivity index (χ0) is 16.3. The second-order valence-electron chi connectivity index (χ2n) is 5.64. The van der Waals surface area contributed by atoms with Crippen LogP contribution in [-0.2, 0) is 21.2 Å². The molecule has 0 bridgehead atoms. The van der Waals surface area contributed by atoms with Crippen LogP contribution in [0.25, 0.3) is 0 Å². The van der Waals surface area contributed by atoms with Crippen LogP contribution in [0.5, 0.6) is 0 Å². The first kappa shape index (κ1) is 17.0. The second kappa shape index (κ2) is 6.78. The molecule has 7 nitrogen and oxygen atoms in total. The first-order valence-electron chi connectivity index (χ1n) is 7.44. The first-order valence-corrected chi connectivity index (χ1v) is 9.27. The summed E-state index contributed by atoms with van der Waals surface area (Å²) in [5.74, 6) is 0.155. The fourth-order valence-electron chi connectivity index (χ4n) is 2.49. The van der Waals surface area contributed by atoms with Gasteiger partial charge >= 0.3 is 0 Å². The third-order valence-electron chi connectivity index (χ3n) is 4.07. The van der Waals surface area contributed by atoms with Gasteiger partial charge in [-0.15, -0.1) is 0 Å². The third kappa shape index (κ3) is 4.07. The quantitative estimate of drug-likeness (QED) is 0.776. The number of carbonyl (C=O) groups excluding carboxylic acids is 1. The molecule has 0 saturated carbocycles. The Morgan fingerprint density at radius 3 is 2.36 bits per heavy atom. The van der Waals surface area contributed by atoms with Gasteiger partial charge in [-0.05, 0) is 13.8 Å². The lowest BCUT2D eigenvalue weighted by Crippen LogP contribution is -2.49. The van der Waals surface area contributed by atoms with E-state index < -0.39 is 9.84 Å². The molecule has 0 spiro atoms. The van der Waals surface area contributed by atoms with Crippen LogP contribution < -0.4 is 0 Å². The van der Waals surface area contributed by atoms with Gasteiger partial charge in [0.05, 0.1) is 5.69 Å². The number of sulfone groups is 1. The molecule has 2 rings (SSSR count). The van der Waals surface area contributed by atoms with Gasteiger partial charge in [0, 0.05) is 44.0 Å². The molecular formula is C14H23N3O4S. The molecule has 0 N–H and O–H groups in total. The molecule has 0 aliphatic carbocycles. The van der Waals surface area contributed by atoms with Crippen molar-refractivity contribution in [2.24, 2.45) is 0 Å². The summed E-state index contributed by atoms with van der Waals surface area (Å²) in [4.78, 5) is 15.9. The average Bonchev–Trinajstić information content (AvgIpc) is 2.79. The molecule has 1 aromatic heterocycles. The van der Waals surface area contributed by atoms with E-state index in [1.807, 2.05) is 13.8 Å². The van der Waals surface area contributed by atoms with Crippen LogP contribution in [0, 0.1) is 13.8 Å². The van der Waals surface area contributed by atoms with Crippen molar-refractivity contribution in [3.63, 3.8) is 0 Å². The first-order chi connectivity index (χ1) is 10.3. The summed E-state index contributed by atoms with van der Waals surface area (Å²) in [6.07, 6.45) is 0. The summed E-state index contributed by atoms with van der Waals surface area (Å²) in [6, 6.07) is 0. The van der Waals surface area contributed by atoms with E-state index in [9.17, 15) is 13.2 Å². The van der Waals surface area contributed by atoms with Crippen molar-refractivity contribution in [2.75, 3.05) is 37.7 Å². The van der Waals surface area contributed by atoms with Crippen molar-refractivity contribution in [2.45, 2.75) is 27.3 Å². The Kier molecular flexibility index (Phi) is 5.23. The second-order valence-corrected chi connectivity index (χ2v) is 7.99. The maximum Gasteiger partial charge on any atom is 0.237 e. The predicted molar refractivity (Wildman–Crippen MR) is 82.2 cm³/mol. The van der Waals surface area contributed by atoms with Crippen LogP contribution in [0.15, 0.2) is 4.52 Å². The normalized spacial score (nSPS) is 17.0. The number of aromatic nitrogens is 1. The van der Waals surface area contributed by atoms with Crippen molar-refractivity contribution >= 4 is 15.7 Å². The molecule has 0 radical (unpaired) electrons. The van der Waals surface area contributed by atoms with E-state index in [2.05, 4.69) is 10.1 Å². The summed E-state index contributed by atoms with van der Waals surface area (Å²) < 4.78 is 28.2. The van der Waals surface area contributed by atoms with Crippen molar-refractivity contribution in [1.82, 2.24) is 15.0 Å². The molecule has 0 atom stereocenters. The highest BCUT2D eigenvalue weighted by atomic mass is 32.2. The minimum absolute atomic E-state index is 0.00471. The number of rotatable bonds is 5. The van der Waals surface area contributed by atoms with Gasteiger partial charge in [0.2, 0.25) is 5.91 Å². The standard InChI is InChI=1S/C14H23N3O4S/c1-4-22(19,20)10-14(18)17-7-5-16(6-8-17)9-13-11(2)15-21-12(13)3/h4-10H2,1-3H3. The van der Waals surface area contributed by atoms with Gasteiger partial charge in [0.25, 0.3) is 0 Å². The Morgan fingerprint density at radius 2 is 1.86 bits per heavy atom. The molecular weight excluding hydrogens is 306 g/mol. The fraction of sp³-hybridized carbons (Fsp3) is 0.714. The number of amides is 1. The lowest BCUT2D eigenvalue weighted by Gasteiger charge is -2.34. The molecule has 1 saturated heterocycles. The highest BCUT2D eigenvalue weighted by molar-refractivity contribution is 7.92. The van der Waals surface area contributed by atoms with E-state index in [4.69, 9.17) is 4.52 Å². The maximum absolute atomic E-state index is 12.0. The molecule has 1 aliphatic rings. The Balaban J connectivity index is 1.87. The van der Waals surface area contributed by atoms with E-state index >= 15 is 0 Å². The van der Waals surface area contributed by atoms with Gasteiger partial charge in [-0.1, -0.05) is 12.1 Å². The van der Waals surface area contributed by atoms with Crippen LogP contribution in [0.2, 0.25) is 0 Å². The Labute approximate surface area is 131 Å². The van der Waals surface area contributed by atoms with Crippen molar-refractivity contribution in [1.29, 1.82) is 0 Å². The Bertz CT molecular complexity index is 611. The molecule has 1 amide bonds. The molecule has 1 aromatic rings. The summed E-state index contributed by atoms with van der Waals surface area (Å²) in [5, 5.41) is 3.94. The van der Waals surface area contributed by atoms with Gasteiger partial charge in [-0.2, -0.15) is 0 Å². The van der Waals surface area contributed by atoms with E-state index in [0.29, 0.717) is 13.1 Å². The van der Waals surface area contributed by atoms with Crippen LogP contribution in [0.1, 0.15) is 23.9 Å². The van der Waals surface area contributed by atoms with Gasteiger partial charge in [0.15, 0.2) is 9.84 Å². The van der Waals surface area contributed by atoms with Crippen LogP contribution in [0.3, 0.4) is 0 Å². The van der Waals surface area contributed by atoms with Gasteiger partial charge in [-0.25, -0.2) is 8.42 Å². The number of hydrogen-bond donors (Lipinski definition) is 0. The van der Waals surface area contributed by atoms with E-state index in [-0.39, 0.29) is 17.4 Å². The van der Waals surface area contributed by atoms with Gasteiger partial charge in [-0.3, -0.25) is 9.69 Å². The Hall–Kier alpha value is -1.41. The minimum Gasteiger partial charge on any atom is -0.361 e. The molecule has 1 aliphatic heterocycles. The molecule has 8 heteroatoms. The largest absolute Gasteiger partial charge is 0.361 e. The van der Waals surface area contributed by atoms with Crippen LogP contribution >= 0.6 is 0 Å².